The lowest BCUT2D eigenvalue weighted by molar-refractivity contribution is -0.114. The summed E-state index contributed by atoms with van der Waals surface area (Å²) >= 11 is 0. The van der Waals surface area contributed by atoms with Gasteiger partial charge in [-0.05, 0) is 43.5 Å². The Morgan fingerprint density at radius 1 is 1.09 bits per heavy atom. The zero-order valence-corrected chi connectivity index (χ0v) is 19.2. The molecular weight excluding hydrogens is 416 g/mol. The minimum atomic E-state index is -0.302. The SMILES string of the molecule is CC(=O)Nc1cccc(C(C)N(Cc2ccccc2)C(=O)c2oc3c(c2C)C(=O)CCC3)c1. The van der Waals surface area contributed by atoms with Gasteiger partial charge < -0.3 is 14.6 Å². The lowest BCUT2D eigenvalue weighted by atomic mass is 9.94. The van der Waals surface area contributed by atoms with Crippen LogP contribution in [-0.4, -0.2) is 22.5 Å². The number of ketones is 1. The molecule has 4 rings (SSSR count). The van der Waals surface area contributed by atoms with Gasteiger partial charge in [0.05, 0.1) is 11.6 Å². The van der Waals surface area contributed by atoms with Gasteiger partial charge in [0, 0.05) is 37.6 Å². The van der Waals surface area contributed by atoms with Crippen LogP contribution in [0.25, 0.3) is 0 Å². The zero-order chi connectivity index (χ0) is 23.5. The second kappa shape index (κ2) is 9.45. The van der Waals surface area contributed by atoms with Crippen molar-refractivity contribution in [3.05, 3.63) is 88.4 Å². The van der Waals surface area contributed by atoms with E-state index in [0.29, 0.717) is 42.0 Å². The van der Waals surface area contributed by atoms with E-state index in [1.165, 1.54) is 6.92 Å². The number of nitrogens with one attached hydrogen (secondary N) is 1. The van der Waals surface area contributed by atoms with Crippen molar-refractivity contribution in [2.24, 2.45) is 0 Å². The van der Waals surface area contributed by atoms with Crippen LogP contribution < -0.4 is 5.32 Å². The summed E-state index contributed by atoms with van der Waals surface area (Å²) in [5, 5.41) is 2.80. The smallest absolute Gasteiger partial charge is 0.290 e. The summed E-state index contributed by atoms with van der Waals surface area (Å²) in [5.41, 5.74) is 3.74. The molecule has 0 bridgehead atoms. The van der Waals surface area contributed by atoms with Crippen molar-refractivity contribution in [2.75, 3.05) is 5.32 Å². The predicted molar refractivity (Wildman–Crippen MR) is 126 cm³/mol. The molecule has 6 nitrogen and oxygen atoms in total. The minimum absolute atomic E-state index is 0.0437. The van der Waals surface area contributed by atoms with E-state index in [4.69, 9.17) is 4.42 Å². The largest absolute Gasteiger partial charge is 0.455 e. The van der Waals surface area contributed by atoms with Crippen LogP contribution in [0.1, 0.15) is 76.1 Å². The summed E-state index contributed by atoms with van der Waals surface area (Å²) in [4.78, 5) is 39.5. The number of amides is 2. The van der Waals surface area contributed by atoms with Crippen LogP contribution in [0.15, 0.2) is 59.0 Å². The van der Waals surface area contributed by atoms with Gasteiger partial charge in [0.1, 0.15) is 5.76 Å². The molecule has 0 spiro atoms. The van der Waals surface area contributed by atoms with Crippen molar-refractivity contribution in [3.63, 3.8) is 0 Å². The maximum Gasteiger partial charge on any atom is 0.290 e. The van der Waals surface area contributed by atoms with Gasteiger partial charge in [0.15, 0.2) is 11.5 Å². The summed E-state index contributed by atoms with van der Waals surface area (Å²) in [5.74, 6) is 0.486. The average Bonchev–Trinajstić information content (AvgIpc) is 3.14. The molecule has 2 aromatic carbocycles. The van der Waals surface area contributed by atoms with Gasteiger partial charge in [0.2, 0.25) is 5.91 Å². The molecule has 3 aromatic rings. The third kappa shape index (κ3) is 4.75. The number of aryl methyl sites for hydroxylation is 1. The molecule has 0 saturated carbocycles. The first-order valence-electron chi connectivity index (χ1n) is 11.2. The van der Waals surface area contributed by atoms with Crippen LogP contribution in [0, 0.1) is 6.92 Å². The van der Waals surface area contributed by atoms with Crippen LogP contribution in [0.5, 0.6) is 0 Å². The molecular formula is C27H28N2O4. The molecule has 1 N–H and O–H groups in total. The topological polar surface area (TPSA) is 79.6 Å². The highest BCUT2D eigenvalue weighted by atomic mass is 16.4. The fourth-order valence-corrected chi connectivity index (χ4v) is 4.41. The van der Waals surface area contributed by atoms with Gasteiger partial charge in [-0.25, -0.2) is 0 Å². The van der Waals surface area contributed by atoms with Gasteiger partial charge in [-0.15, -0.1) is 0 Å². The van der Waals surface area contributed by atoms with Crippen molar-refractivity contribution < 1.29 is 18.8 Å². The van der Waals surface area contributed by atoms with E-state index in [1.807, 2.05) is 61.5 Å². The van der Waals surface area contributed by atoms with E-state index >= 15 is 0 Å². The lowest BCUT2D eigenvalue weighted by Gasteiger charge is -2.29. The zero-order valence-electron chi connectivity index (χ0n) is 19.2. The number of carbonyl (C=O) groups is 3. The van der Waals surface area contributed by atoms with Crippen molar-refractivity contribution in [1.82, 2.24) is 4.90 Å². The molecule has 0 radical (unpaired) electrons. The Kier molecular flexibility index (Phi) is 6.45. The number of rotatable bonds is 6. The second-order valence-corrected chi connectivity index (χ2v) is 8.53. The minimum Gasteiger partial charge on any atom is -0.455 e. The van der Waals surface area contributed by atoms with Crippen LogP contribution in [0.2, 0.25) is 0 Å². The van der Waals surface area contributed by atoms with Crippen LogP contribution in [-0.2, 0) is 17.8 Å². The first-order valence-corrected chi connectivity index (χ1v) is 11.2. The highest BCUT2D eigenvalue weighted by Crippen LogP contribution is 2.33. The number of fused-ring (bicyclic) bond motifs is 1. The van der Waals surface area contributed by atoms with Gasteiger partial charge in [-0.1, -0.05) is 42.5 Å². The Labute approximate surface area is 193 Å². The van der Waals surface area contributed by atoms with Gasteiger partial charge in [-0.3, -0.25) is 14.4 Å². The molecule has 6 heteroatoms. The number of hydrogen-bond acceptors (Lipinski definition) is 4. The number of nitrogens with zero attached hydrogens (tertiary/aromatic N) is 1. The molecule has 1 unspecified atom stereocenters. The fraction of sp³-hybridized carbons (Fsp3) is 0.296. The summed E-state index contributed by atoms with van der Waals surface area (Å²) in [6.07, 6.45) is 1.90. The summed E-state index contributed by atoms with van der Waals surface area (Å²) in [6, 6.07) is 17.0. The van der Waals surface area contributed by atoms with Gasteiger partial charge >= 0.3 is 0 Å². The number of furan rings is 1. The van der Waals surface area contributed by atoms with E-state index in [2.05, 4.69) is 5.32 Å². The van der Waals surface area contributed by atoms with E-state index in [1.54, 1.807) is 11.8 Å². The quantitative estimate of drug-likeness (QED) is 0.547. The molecule has 1 atom stereocenters. The fourth-order valence-electron chi connectivity index (χ4n) is 4.41. The monoisotopic (exact) mass is 444 g/mol. The van der Waals surface area contributed by atoms with Crippen molar-refractivity contribution >= 4 is 23.3 Å². The first-order chi connectivity index (χ1) is 15.8. The Morgan fingerprint density at radius 3 is 2.55 bits per heavy atom. The number of benzene rings is 2. The molecule has 0 fully saturated rings. The molecule has 1 aromatic heterocycles. The average molecular weight is 445 g/mol. The molecule has 0 aliphatic heterocycles. The highest BCUT2D eigenvalue weighted by molar-refractivity contribution is 6.03. The highest BCUT2D eigenvalue weighted by Gasteiger charge is 2.32. The molecule has 2 amide bonds. The Morgan fingerprint density at radius 2 is 1.85 bits per heavy atom. The lowest BCUT2D eigenvalue weighted by Crippen LogP contribution is -2.33. The van der Waals surface area contributed by atoms with E-state index in [9.17, 15) is 14.4 Å². The van der Waals surface area contributed by atoms with E-state index < -0.39 is 0 Å². The maximum atomic E-state index is 13.8. The number of hydrogen-bond donors (Lipinski definition) is 1. The third-order valence-corrected chi connectivity index (χ3v) is 6.11. The van der Waals surface area contributed by atoms with Crippen LogP contribution >= 0.6 is 0 Å². The molecule has 33 heavy (non-hydrogen) atoms. The Balaban J connectivity index is 1.72. The number of Topliss-reactive ketones (excluding diaryl/α,β-unsaturated/α-hetero) is 1. The van der Waals surface area contributed by atoms with Crippen LogP contribution in [0.3, 0.4) is 0 Å². The van der Waals surface area contributed by atoms with Crippen molar-refractivity contribution in [1.29, 1.82) is 0 Å². The summed E-state index contributed by atoms with van der Waals surface area (Å²) in [7, 11) is 0. The Hall–Kier alpha value is -3.67. The summed E-state index contributed by atoms with van der Waals surface area (Å²) < 4.78 is 5.98. The van der Waals surface area contributed by atoms with E-state index in [0.717, 1.165) is 17.5 Å². The van der Waals surface area contributed by atoms with Crippen LogP contribution in [0.4, 0.5) is 5.69 Å². The van der Waals surface area contributed by atoms with E-state index in [-0.39, 0.29) is 29.4 Å². The second-order valence-electron chi connectivity index (χ2n) is 8.53. The molecule has 1 aliphatic rings. The van der Waals surface area contributed by atoms with Gasteiger partial charge in [0.25, 0.3) is 5.91 Å². The van der Waals surface area contributed by atoms with Crippen molar-refractivity contribution in [2.45, 2.75) is 52.6 Å². The van der Waals surface area contributed by atoms with Gasteiger partial charge in [-0.2, -0.15) is 0 Å². The number of carbonyl (C=O) groups excluding carboxylic acids is 3. The maximum absolute atomic E-state index is 13.8. The van der Waals surface area contributed by atoms with Crippen molar-refractivity contribution in [3.8, 4) is 0 Å². The molecule has 1 heterocycles. The standard InChI is InChI=1S/C27H28N2O4/c1-17-25-23(31)13-8-14-24(25)33-26(17)27(32)29(16-20-9-5-4-6-10-20)18(2)21-11-7-12-22(15-21)28-19(3)30/h4-7,9-12,15,18H,8,13-14,16H2,1-3H3,(H,28,30). The Bertz CT molecular complexity index is 1200. The number of anilines is 1. The first kappa shape index (κ1) is 22.5. The molecule has 170 valence electrons. The molecule has 0 saturated heterocycles. The molecule has 1 aliphatic carbocycles. The summed E-state index contributed by atoms with van der Waals surface area (Å²) in [6.45, 7) is 5.59. The normalized spacial score (nSPS) is 13.8. The third-order valence-electron chi connectivity index (χ3n) is 6.11. The predicted octanol–water partition coefficient (Wildman–Crippen LogP) is 5.47.